The van der Waals surface area contributed by atoms with Crippen LogP contribution in [0.4, 0.5) is 0 Å². The molecule has 0 saturated heterocycles. The number of aromatic nitrogens is 4. The fraction of sp³-hybridized carbons (Fsp3) is 0.333. The van der Waals surface area contributed by atoms with E-state index in [1.807, 2.05) is 27.9 Å². The van der Waals surface area contributed by atoms with Crippen LogP contribution in [0, 0.1) is 0 Å². The lowest BCUT2D eigenvalue weighted by Gasteiger charge is -2.01. The monoisotopic (exact) mass is 298 g/mol. The summed E-state index contributed by atoms with van der Waals surface area (Å²) in [5, 5.41) is 0. The first-order valence-corrected chi connectivity index (χ1v) is 7.79. The summed E-state index contributed by atoms with van der Waals surface area (Å²) in [6.07, 6.45) is 12.5. The van der Waals surface area contributed by atoms with Crippen LogP contribution in [0.25, 0.3) is 0 Å². The molecule has 0 fully saturated rings. The van der Waals surface area contributed by atoms with Crippen molar-refractivity contribution in [3.05, 3.63) is 72.8 Å². The smallest absolute Gasteiger partial charge is 0.240 e. The molecule has 0 amide bonds. The molecule has 0 unspecified atom stereocenters. The molecule has 0 aliphatic carbocycles. The zero-order valence-corrected chi connectivity index (χ0v) is 14.0. The Hall–Kier alpha value is -2.36. The molecule has 1 aromatic carbocycles. The third kappa shape index (κ3) is 4.32. The van der Waals surface area contributed by atoms with Crippen molar-refractivity contribution in [2.24, 2.45) is 14.1 Å². The summed E-state index contributed by atoms with van der Waals surface area (Å²) in [6.45, 7) is 5.83. The van der Waals surface area contributed by atoms with Crippen LogP contribution in [0.1, 0.15) is 25.0 Å². The summed E-state index contributed by atoms with van der Waals surface area (Å²) in [5.41, 5.74) is 2.64. The molecule has 116 valence electrons. The van der Waals surface area contributed by atoms with Crippen LogP contribution in [-0.2, 0) is 27.2 Å². The highest BCUT2D eigenvalue weighted by Gasteiger charge is 2.04. The molecule has 4 heteroatoms. The van der Waals surface area contributed by atoms with E-state index < -0.39 is 0 Å². The van der Waals surface area contributed by atoms with Gasteiger partial charge in [-0.25, -0.2) is 18.3 Å². The lowest BCUT2D eigenvalue weighted by Crippen LogP contribution is -2.23. The van der Waals surface area contributed by atoms with E-state index in [-0.39, 0.29) is 0 Å². The van der Waals surface area contributed by atoms with Crippen LogP contribution < -0.4 is 9.13 Å². The van der Waals surface area contributed by atoms with Crippen LogP contribution in [0.3, 0.4) is 0 Å². The molecule has 4 nitrogen and oxygen atoms in total. The topological polar surface area (TPSA) is 17.6 Å². The van der Waals surface area contributed by atoms with Crippen LogP contribution in [0.15, 0.2) is 61.7 Å². The quantitative estimate of drug-likeness (QED) is 0.656. The Bertz CT molecular complexity index is 631. The zero-order chi connectivity index (χ0) is 15.9. The van der Waals surface area contributed by atoms with Crippen molar-refractivity contribution in [2.75, 3.05) is 0 Å². The molecule has 2 heterocycles. The first-order valence-electron chi connectivity index (χ1n) is 7.79. The fourth-order valence-electron chi connectivity index (χ4n) is 2.36. The van der Waals surface area contributed by atoms with Crippen LogP contribution in [0.2, 0.25) is 0 Å². The number of rotatable bonds is 4. The van der Waals surface area contributed by atoms with Gasteiger partial charge in [-0.05, 0) is 11.1 Å². The van der Waals surface area contributed by atoms with Crippen molar-refractivity contribution in [2.45, 2.75) is 26.9 Å². The highest BCUT2D eigenvalue weighted by atomic mass is 15.1. The lowest BCUT2D eigenvalue weighted by molar-refractivity contribution is -0.671. The van der Waals surface area contributed by atoms with E-state index in [0.29, 0.717) is 0 Å². The number of hydrogen-bond acceptors (Lipinski definition) is 0. The molecular formula is C18H26N4+2. The minimum atomic E-state index is 0.916. The van der Waals surface area contributed by atoms with Crippen molar-refractivity contribution >= 4 is 0 Å². The maximum Gasteiger partial charge on any atom is 0.243 e. The maximum atomic E-state index is 2.21. The van der Waals surface area contributed by atoms with Gasteiger partial charge >= 0.3 is 0 Å². The first-order chi connectivity index (χ1) is 10.7. The SMILES string of the molecule is CC.C[n+]1ccn(Cc2ccc(Cn3cc[n+](C)c3)cc2)c1. The molecule has 0 radical (unpaired) electrons. The Labute approximate surface area is 132 Å². The van der Waals surface area contributed by atoms with E-state index in [2.05, 4.69) is 80.0 Å². The number of benzene rings is 1. The van der Waals surface area contributed by atoms with Gasteiger partial charge in [0.1, 0.15) is 37.9 Å². The Morgan fingerprint density at radius 2 is 1.09 bits per heavy atom. The van der Waals surface area contributed by atoms with E-state index in [1.165, 1.54) is 11.1 Å². The number of hydrogen-bond donors (Lipinski definition) is 0. The second kappa shape index (κ2) is 7.59. The number of aryl methyl sites for hydroxylation is 2. The summed E-state index contributed by atoms with van der Waals surface area (Å²) >= 11 is 0. The molecule has 2 aromatic heterocycles. The minimum absolute atomic E-state index is 0.916. The second-order valence-electron chi connectivity index (χ2n) is 5.32. The minimum Gasteiger partial charge on any atom is -0.240 e. The predicted molar refractivity (Wildman–Crippen MR) is 87.2 cm³/mol. The standard InChI is InChI=1S/C16H20N4.C2H6/c1-17-7-9-19(13-17)11-15-3-5-16(6-4-15)12-20-10-8-18(2)14-20;1-2/h3-10,13-14H,11-12H2,1-2H3;1-2H3/q+2;. The molecule has 0 aliphatic heterocycles. The summed E-state index contributed by atoms with van der Waals surface area (Å²) in [6, 6.07) is 8.83. The molecular weight excluding hydrogens is 272 g/mol. The van der Waals surface area contributed by atoms with Crippen LogP contribution >= 0.6 is 0 Å². The van der Waals surface area contributed by atoms with Crippen molar-refractivity contribution in [1.29, 1.82) is 0 Å². The van der Waals surface area contributed by atoms with E-state index in [4.69, 9.17) is 0 Å². The molecule has 22 heavy (non-hydrogen) atoms. The second-order valence-corrected chi connectivity index (χ2v) is 5.32. The molecule has 0 saturated carbocycles. The molecule has 0 atom stereocenters. The number of imidazole rings is 2. The highest BCUT2D eigenvalue weighted by Crippen LogP contribution is 2.07. The van der Waals surface area contributed by atoms with E-state index >= 15 is 0 Å². The highest BCUT2D eigenvalue weighted by molar-refractivity contribution is 5.23. The largest absolute Gasteiger partial charge is 0.243 e. The van der Waals surface area contributed by atoms with Crippen LogP contribution in [-0.4, -0.2) is 9.13 Å². The fourth-order valence-corrected chi connectivity index (χ4v) is 2.36. The average Bonchev–Trinajstić information content (AvgIpc) is 3.12. The maximum absolute atomic E-state index is 2.21. The third-order valence-corrected chi connectivity index (χ3v) is 3.40. The van der Waals surface area contributed by atoms with Crippen molar-refractivity contribution in [3.8, 4) is 0 Å². The van der Waals surface area contributed by atoms with Gasteiger partial charge in [0.2, 0.25) is 12.7 Å². The van der Waals surface area contributed by atoms with E-state index in [9.17, 15) is 0 Å². The van der Waals surface area contributed by atoms with Crippen LogP contribution in [0.5, 0.6) is 0 Å². The van der Waals surface area contributed by atoms with Gasteiger partial charge in [0.25, 0.3) is 0 Å². The van der Waals surface area contributed by atoms with E-state index in [1.54, 1.807) is 0 Å². The van der Waals surface area contributed by atoms with Crippen molar-refractivity contribution < 1.29 is 9.13 Å². The molecule has 0 aliphatic rings. The summed E-state index contributed by atoms with van der Waals surface area (Å²) in [7, 11) is 4.08. The van der Waals surface area contributed by atoms with Crippen molar-refractivity contribution in [3.63, 3.8) is 0 Å². The normalized spacial score (nSPS) is 10.2. The average molecular weight is 298 g/mol. The van der Waals surface area contributed by atoms with Gasteiger partial charge < -0.3 is 0 Å². The molecule has 3 rings (SSSR count). The molecule has 0 spiro atoms. The Balaban J connectivity index is 0.000000847. The van der Waals surface area contributed by atoms with Gasteiger partial charge in [-0.2, -0.15) is 0 Å². The third-order valence-electron chi connectivity index (χ3n) is 3.40. The van der Waals surface area contributed by atoms with Crippen molar-refractivity contribution in [1.82, 2.24) is 9.13 Å². The molecule has 0 N–H and O–H groups in total. The molecule has 3 aromatic rings. The summed E-state index contributed by atoms with van der Waals surface area (Å²) in [5.74, 6) is 0. The lowest BCUT2D eigenvalue weighted by atomic mass is 10.1. The van der Waals surface area contributed by atoms with E-state index in [0.717, 1.165) is 13.1 Å². The molecule has 0 bridgehead atoms. The Morgan fingerprint density at radius 3 is 1.36 bits per heavy atom. The predicted octanol–water partition coefficient (Wildman–Crippen LogP) is 2.06. The van der Waals surface area contributed by atoms with Gasteiger partial charge in [0, 0.05) is 0 Å². The zero-order valence-electron chi connectivity index (χ0n) is 14.0. The van der Waals surface area contributed by atoms with Gasteiger partial charge in [-0.3, -0.25) is 0 Å². The Kier molecular flexibility index (Phi) is 5.53. The van der Waals surface area contributed by atoms with Gasteiger partial charge in [-0.1, -0.05) is 38.1 Å². The van der Waals surface area contributed by atoms with Gasteiger partial charge in [0.15, 0.2) is 0 Å². The summed E-state index contributed by atoms with van der Waals surface area (Å²) < 4.78 is 8.47. The summed E-state index contributed by atoms with van der Waals surface area (Å²) in [4.78, 5) is 0. The Morgan fingerprint density at radius 1 is 0.727 bits per heavy atom. The first kappa shape index (κ1) is 16.0. The van der Waals surface area contributed by atoms with Gasteiger partial charge in [-0.15, -0.1) is 0 Å². The van der Waals surface area contributed by atoms with Gasteiger partial charge in [0.05, 0.1) is 14.1 Å². The number of nitrogens with zero attached hydrogens (tertiary/aromatic N) is 4.